The summed E-state index contributed by atoms with van der Waals surface area (Å²) < 4.78 is 39.0. The molecule has 2 aromatic heterocycles. The zero-order valence-corrected chi connectivity index (χ0v) is 14.0. The first kappa shape index (κ1) is 18.3. The number of hydrogen-bond donors (Lipinski definition) is 1. The lowest BCUT2D eigenvalue weighted by atomic mass is 10.0. The van der Waals surface area contributed by atoms with Crippen molar-refractivity contribution in [1.29, 1.82) is 0 Å². The molecule has 1 N–H and O–H groups in total. The van der Waals surface area contributed by atoms with Crippen LogP contribution >= 0.6 is 0 Å². The highest BCUT2D eigenvalue weighted by atomic mass is 19.4. The van der Waals surface area contributed by atoms with Gasteiger partial charge in [-0.25, -0.2) is 0 Å². The first-order valence-electron chi connectivity index (χ1n) is 8.39. The molecule has 0 saturated carbocycles. The molecule has 1 fully saturated rings. The average molecular weight is 364 g/mol. The number of carbonyl (C=O) groups is 1. The number of alkyl halides is 3. The molecule has 1 aliphatic heterocycles. The van der Waals surface area contributed by atoms with Gasteiger partial charge in [0.05, 0.1) is 11.3 Å². The molecule has 3 heterocycles. The van der Waals surface area contributed by atoms with Crippen LogP contribution in [0, 0.1) is 0 Å². The van der Waals surface area contributed by atoms with Gasteiger partial charge in [-0.2, -0.15) is 13.2 Å². The average Bonchev–Trinajstić information content (AvgIpc) is 2.63. The number of aromatic nitrogens is 2. The summed E-state index contributed by atoms with van der Waals surface area (Å²) in [4.78, 5) is 22.4. The Labute approximate surface area is 149 Å². The number of hydrogen-bond acceptors (Lipinski definition) is 4. The van der Waals surface area contributed by atoms with Crippen molar-refractivity contribution in [3.05, 3.63) is 59.7 Å². The molecule has 5 nitrogen and oxygen atoms in total. The van der Waals surface area contributed by atoms with E-state index in [0.717, 1.165) is 31.4 Å². The van der Waals surface area contributed by atoms with Gasteiger partial charge < -0.3 is 5.32 Å². The second-order valence-electron chi connectivity index (χ2n) is 6.24. The fraction of sp³-hybridized carbons (Fsp3) is 0.389. The van der Waals surface area contributed by atoms with E-state index in [0.29, 0.717) is 12.8 Å². The lowest BCUT2D eigenvalue weighted by Gasteiger charge is -2.32. The normalized spacial score (nSPS) is 16.4. The van der Waals surface area contributed by atoms with Crippen molar-refractivity contribution in [1.82, 2.24) is 20.2 Å². The monoisotopic (exact) mass is 364 g/mol. The van der Waals surface area contributed by atoms with Crippen LogP contribution in [0.4, 0.5) is 13.2 Å². The minimum absolute atomic E-state index is 0.162. The second-order valence-corrected chi connectivity index (χ2v) is 6.24. The third-order valence-electron chi connectivity index (χ3n) is 4.36. The predicted octanol–water partition coefficient (Wildman–Crippen LogP) is 2.89. The van der Waals surface area contributed by atoms with Gasteiger partial charge in [0, 0.05) is 38.1 Å². The number of likely N-dealkylation sites (tertiary alicyclic amines) is 1. The molecule has 0 bridgehead atoms. The Kier molecular flexibility index (Phi) is 5.51. The van der Waals surface area contributed by atoms with Crippen LogP contribution in [-0.2, 0) is 12.7 Å². The van der Waals surface area contributed by atoms with Gasteiger partial charge in [0.2, 0.25) is 0 Å². The highest BCUT2D eigenvalue weighted by molar-refractivity contribution is 5.94. The second kappa shape index (κ2) is 7.82. The lowest BCUT2D eigenvalue weighted by molar-refractivity contribution is -0.138. The summed E-state index contributed by atoms with van der Waals surface area (Å²) in [5, 5.41) is 2.69. The van der Waals surface area contributed by atoms with Crippen molar-refractivity contribution in [3.63, 3.8) is 0 Å². The Morgan fingerprint density at radius 1 is 1.12 bits per heavy atom. The van der Waals surface area contributed by atoms with Crippen molar-refractivity contribution in [3.8, 4) is 0 Å². The van der Waals surface area contributed by atoms with Crippen LogP contribution in [0.5, 0.6) is 0 Å². The van der Waals surface area contributed by atoms with Gasteiger partial charge >= 0.3 is 6.18 Å². The highest BCUT2D eigenvalue weighted by Crippen LogP contribution is 2.31. The van der Waals surface area contributed by atoms with Crippen molar-refractivity contribution in [2.75, 3.05) is 13.1 Å². The van der Waals surface area contributed by atoms with Crippen LogP contribution in [0.3, 0.4) is 0 Å². The van der Waals surface area contributed by atoms with E-state index in [1.54, 1.807) is 6.20 Å². The fourth-order valence-corrected chi connectivity index (χ4v) is 3.02. The first-order chi connectivity index (χ1) is 12.4. The molecule has 138 valence electrons. The molecule has 8 heteroatoms. The van der Waals surface area contributed by atoms with Gasteiger partial charge in [0.15, 0.2) is 0 Å². The molecule has 2 aromatic rings. The van der Waals surface area contributed by atoms with Crippen molar-refractivity contribution in [2.24, 2.45) is 0 Å². The molecule has 1 saturated heterocycles. The Morgan fingerprint density at radius 2 is 1.85 bits per heavy atom. The summed E-state index contributed by atoms with van der Waals surface area (Å²) in [5.74, 6) is -0.777. The summed E-state index contributed by atoms with van der Waals surface area (Å²) in [7, 11) is 0. The third-order valence-corrected chi connectivity index (χ3v) is 4.36. The van der Waals surface area contributed by atoms with Crippen molar-refractivity contribution < 1.29 is 18.0 Å². The maximum atomic E-state index is 13.0. The fourth-order valence-electron chi connectivity index (χ4n) is 3.02. The number of halogens is 3. The minimum atomic E-state index is -4.60. The Bertz CT molecular complexity index is 744. The van der Waals surface area contributed by atoms with Crippen LogP contribution in [-0.4, -0.2) is 39.9 Å². The van der Waals surface area contributed by atoms with Gasteiger partial charge in [0.25, 0.3) is 5.91 Å². The van der Waals surface area contributed by atoms with Crippen LogP contribution in [0.15, 0.2) is 42.7 Å². The van der Waals surface area contributed by atoms with Crippen LogP contribution < -0.4 is 5.32 Å². The topological polar surface area (TPSA) is 58.1 Å². The maximum absolute atomic E-state index is 13.0. The largest absolute Gasteiger partial charge is 0.418 e. The van der Waals surface area contributed by atoms with Crippen LogP contribution in [0.1, 0.15) is 34.6 Å². The van der Waals surface area contributed by atoms with E-state index in [1.807, 2.05) is 18.2 Å². The molecule has 0 unspecified atom stereocenters. The SMILES string of the molecule is O=C(NC1CCN(Cc2ccccn2)CC1)c1ncccc1C(F)(F)F. The van der Waals surface area contributed by atoms with Crippen molar-refractivity contribution in [2.45, 2.75) is 31.6 Å². The molecule has 0 spiro atoms. The lowest BCUT2D eigenvalue weighted by Crippen LogP contribution is -2.45. The van der Waals surface area contributed by atoms with Gasteiger partial charge in [-0.15, -0.1) is 0 Å². The molecule has 0 aromatic carbocycles. The molecule has 0 aliphatic carbocycles. The molecule has 1 aliphatic rings. The maximum Gasteiger partial charge on any atom is 0.418 e. The Balaban J connectivity index is 1.56. The van der Waals surface area contributed by atoms with E-state index in [-0.39, 0.29) is 6.04 Å². The third kappa shape index (κ3) is 4.57. The summed E-state index contributed by atoms with van der Waals surface area (Å²) in [5.41, 5.74) is -0.612. The Hall–Kier alpha value is -2.48. The van der Waals surface area contributed by atoms with Gasteiger partial charge in [0.1, 0.15) is 5.69 Å². The zero-order chi connectivity index (χ0) is 18.6. The van der Waals surface area contributed by atoms with E-state index >= 15 is 0 Å². The highest BCUT2D eigenvalue weighted by Gasteiger charge is 2.36. The number of piperidine rings is 1. The molecule has 26 heavy (non-hydrogen) atoms. The van der Waals surface area contributed by atoms with E-state index < -0.39 is 23.3 Å². The number of amides is 1. The Morgan fingerprint density at radius 3 is 2.50 bits per heavy atom. The summed E-state index contributed by atoms with van der Waals surface area (Å²) in [6.07, 6.45) is -0.320. The van der Waals surface area contributed by atoms with Crippen LogP contribution in [0.2, 0.25) is 0 Å². The first-order valence-corrected chi connectivity index (χ1v) is 8.39. The number of carbonyl (C=O) groups excluding carboxylic acids is 1. The standard InChI is InChI=1S/C18H19F3N4O/c19-18(20,21)15-5-3-9-23-16(15)17(26)24-13-6-10-25(11-7-13)12-14-4-1-2-8-22-14/h1-5,8-9,13H,6-7,10-12H2,(H,24,26). The summed E-state index contributed by atoms with van der Waals surface area (Å²) in [6.45, 7) is 2.21. The molecule has 3 rings (SSSR count). The quantitative estimate of drug-likeness (QED) is 0.906. The van der Waals surface area contributed by atoms with E-state index in [1.165, 1.54) is 12.3 Å². The van der Waals surface area contributed by atoms with Gasteiger partial charge in [-0.3, -0.25) is 19.7 Å². The number of nitrogens with one attached hydrogen (secondary N) is 1. The van der Waals surface area contributed by atoms with Gasteiger partial charge in [-0.05, 0) is 37.1 Å². The number of rotatable bonds is 4. The molecular weight excluding hydrogens is 345 g/mol. The smallest absolute Gasteiger partial charge is 0.348 e. The summed E-state index contributed by atoms with van der Waals surface area (Å²) >= 11 is 0. The zero-order valence-electron chi connectivity index (χ0n) is 14.0. The molecule has 1 amide bonds. The predicted molar refractivity (Wildman–Crippen MR) is 89.2 cm³/mol. The number of nitrogens with zero attached hydrogens (tertiary/aromatic N) is 3. The molecule has 0 atom stereocenters. The van der Waals surface area contributed by atoms with Gasteiger partial charge in [-0.1, -0.05) is 6.07 Å². The minimum Gasteiger partial charge on any atom is -0.348 e. The number of pyridine rings is 2. The molecule has 0 radical (unpaired) electrons. The van der Waals surface area contributed by atoms with Crippen molar-refractivity contribution >= 4 is 5.91 Å². The molecular formula is C18H19F3N4O. The van der Waals surface area contributed by atoms with E-state index in [9.17, 15) is 18.0 Å². The van der Waals surface area contributed by atoms with E-state index in [2.05, 4.69) is 20.2 Å². The summed E-state index contributed by atoms with van der Waals surface area (Å²) in [6, 6.07) is 7.63. The van der Waals surface area contributed by atoms with E-state index in [4.69, 9.17) is 0 Å². The van der Waals surface area contributed by atoms with Crippen LogP contribution in [0.25, 0.3) is 0 Å².